The fourth-order valence-corrected chi connectivity index (χ4v) is 2.18. The van der Waals surface area contributed by atoms with Crippen LogP contribution in [-0.2, 0) is 4.79 Å². The summed E-state index contributed by atoms with van der Waals surface area (Å²) in [6, 6.07) is 0.112. The van der Waals surface area contributed by atoms with Crippen LogP contribution in [0.3, 0.4) is 0 Å². The number of nitrogens with one attached hydrogen (secondary N) is 2. The van der Waals surface area contributed by atoms with Crippen molar-refractivity contribution in [3.8, 4) is 0 Å². The van der Waals surface area contributed by atoms with E-state index >= 15 is 0 Å². The van der Waals surface area contributed by atoms with Gasteiger partial charge < -0.3 is 16.4 Å². The summed E-state index contributed by atoms with van der Waals surface area (Å²) in [7, 11) is 1.86. The van der Waals surface area contributed by atoms with Crippen LogP contribution in [0.2, 0.25) is 0 Å². The van der Waals surface area contributed by atoms with E-state index in [4.69, 9.17) is 5.73 Å². The Morgan fingerprint density at radius 3 is 2.72 bits per heavy atom. The van der Waals surface area contributed by atoms with Crippen molar-refractivity contribution in [1.29, 1.82) is 0 Å². The van der Waals surface area contributed by atoms with Gasteiger partial charge in [0.25, 0.3) is 0 Å². The number of alkyl halides is 1. The van der Waals surface area contributed by atoms with Crippen LogP contribution in [0.1, 0.15) is 13.8 Å². The molecule has 0 spiro atoms. The van der Waals surface area contributed by atoms with Gasteiger partial charge in [-0.15, -0.1) is 0 Å². The monoisotopic (exact) mass is 255 g/mol. The fourth-order valence-electron chi connectivity index (χ4n) is 2.18. The molecule has 0 saturated heterocycles. The summed E-state index contributed by atoms with van der Waals surface area (Å²) in [6.07, 6.45) is 2.42. The molecule has 0 aliphatic carbocycles. The second-order valence-electron chi connectivity index (χ2n) is 4.75. The molecule has 4 nitrogen and oxygen atoms in total. The van der Waals surface area contributed by atoms with Crippen molar-refractivity contribution in [3.05, 3.63) is 22.9 Å². The summed E-state index contributed by atoms with van der Waals surface area (Å²) < 4.78 is 12.9. The van der Waals surface area contributed by atoms with Crippen LogP contribution in [0, 0.1) is 5.92 Å². The van der Waals surface area contributed by atoms with Crippen molar-refractivity contribution >= 4 is 6.29 Å². The predicted molar refractivity (Wildman–Crippen MR) is 70.8 cm³/mol. The smallest absolute Gasteiger partial charge is 0.166 e. The zero-order chi connectivity index (χ0) is 13.7. The number of hydrogen-bond acceptors (Lipinski definition) is 4. The maximum atomic E-state index is 12.9. The number of aldehydes is 1. The van der Waals surface area contributed by atoms with Gasteiger partial charge in [0.2, 0.25) is 0 Å². The van der Waals surface area contributed by atoms with E-state index in [9.17, 15) is 9.18 Å². The molecule has 102 valence electrons. The third kappa shape index (κ3) is 3.17. The lowest BCUT2D eigenvalue weighted by molar-refractivity contribution is -0.105. The van der Waals surface area contributed by atoms with Crippen LogP contribution < -0.4 is 16.4 Å². The van der Waals surface area contributed by atoms with E-state index in [1.165, 1.54) is 0 Å². The van der Waals surface area contributed by atoms with Crippen LogP contribution in [0.4, 0.5) is 4.39 Å². The number of carbonyl (C=O) groups is 1. The molecule has 1 heterocycles. The van der Waals surface area contributed by atoms with Gasteiger partial charge in [-0.2, -0.15) is 0 Å². The molecule has 0 saturated carbocycles. The number of dihydropyridines is 1. The molecular formula is C13H22FN3O. The van der Waals surface area contributed by atoms with Crippen LogP contribution in [-0.4, -0.2) is 38.6 Å². The van der Waals surface area contributed by atoms with Gasteiger partial charge in [-0.25, -0.2) is 4.39 Å². The van der Waals surface area contributed by atoms with Crippen LogP contribution in [0.25, 0.3) is 0 Å². The highest BCUT2D eigenvalue weighted by Crippen LogP contribution is 2.20. The maximum Gasteiger partial charge on any atom is 0.166 e. The van der Waals surface area contributed by atoms with Crippen molar-refractivity contribution in [1.82, 2.24) is 10.6 Å². The van der Waals surface area contributed by atoms with Gasteiger partial charge in [0.1, 0.15) is 6.67 Å². The first-order chi connectivity index (χ1) is 8.54. The van der Waals surface area contributed by atoms with Gasteiger partial charge in [-0.3, -0.25) is 4.79 Å². The Kier molecular flexibility index (Phi) is 5.50. The molecule has 0 fully saturated rings. The van der Waals surface area contributed by atoms with E-state index in [1.807, 2.05) is 14.0 Å². The molecule has 1 rings (SSSR count). The van der Waals surface area contributed by atoms with E-state index in [2.05, 4.69) is 17.6 Å². The number of hydrogen-bond donors (Lipinski definition) is 3. The Labute approximate surface area is 108 Å². The zero-order valence-corrected chi connectivity index (χ0v) is 11.2. The molecule has 0 amide bonds. The highest BCUT2D eigenvalue weighted by atomic mass is 19.1. The van der Waals surface area contributed by atoms with Gasteiger partial charge in [-0.1, -0.05) is 13.0 Å². The van der Waals surface area contributed by atoms with Gasteiger partial charge in [-0.05, 0) is 25.5 Å². The Morgan fingerprint density at radius 2 is 2.28 bits per heavy atom. The molecule has 3 atom stereocenters. The Hall–Kier alpha value is -1.20. The minimum atomic E-state index is -0.645. The molecule has 18 heavy (non-hydrogen) atoms. The molecule has 0 aromatic rings. The van der Waals surface area contributed by atoms with Crippen LogP contribution in [0.5, 0.6) is 0 Å². The second kappa shape index (κ2) is 6.66. The maximum absolute atomic E-state index is 12.9. The summed E-state index contributed by atoms with van der Waals surface area (Å²) in [5.74, 6) is 0.224. The van der Waals surface area contributed by atoms with Crippen molar-refractivity contribution in [2.45, 2.75) is 25.9 Å². The van der Waals surface area contributed by atoms with Gasteiger partial charge >= 0.3 is 0 Å². The molecule has 3 unspecified atom stereocenters. The summed E-state index contributed by atoms with van der Waals surface area (Å²) in [5.41, 5.74) is 7.68. The number of likely N-dealkylation sites (N-methyl/N-ethyl adjacent to an activating group) is 1. The lowest BCUT2D eigenvalue weighted by Crippen LogP contribution is -2.45. The van der Waals surface area contributed by atoms with Crippen LogP contribution in [0.15, 0.2) is 22.9 Å². The number of allylic oxidation sites excluding steroid dienone is 3. The number of rotatable bonds is 6. The highest BCUT2D eigenvalue weighted by molar-refractivity contribution is 5.75. The van der Waals surface area contributed by atoms with Crippen LogP contribution >= 0.6 is 0 Å². The summed E-state index contributed by atoms with van der Waals surface area (Å²) in [5, 5.41) is 6.16. The average Bonchev–Trinajstić information content (AvgIpc) is 2.39. The predicted octanol–water partition coefficient (Wildman–Crippen LogP) is 0.510. The van der Waals surface area contributed by atoms with Gasteiger partial charge in [0.15, 0.2) is 6.29 Å². The van der Waals surface area contributed by atoms with Crippen molar-refractivity contribution in [2.75, 3.05) is 20.3 Å². The first-order valence-corrected chi connectivity index (χ1v) is 6.16. The lowest BCUT2D eigenvalue weighted by atomic mass is 9.87. The van der Waals surface area contributed by atoms with Gasteiger partial charge in [0, 0.05) is 24.2 Å². The minimum absolute atomic E-state index is 0.0358. The largest absolute Gasteiger partial charge is 0.378 e. The Bertz CT molecular complexity index is 363. The molecule has 0 radical (unpaired) electrons. The average molecular weight is 255 g/mol. The molecule has 0 aromatic carbocycles. The topological polar surface area (TPSA) is 67.2 Å². The van der Waals surface area contributed by atoms with Crippen molar-refractivity contribution in [3.63, 3.8) is 0 Å². The molecule has 0 aromatic heterocycles. The second-order valence-corrected chi connectivity index (χ2v) is 4.75. The SMILES string of the molecule is CNC(C1=CC(CF)=C(C=O)NC1)C(C)C(C)N. The van der Waals surface area contributed by atoms with E-state index in [-0.39, 0.29) is 18.0 Å². The third-order valence-electron chi connectivity index (χ3n) is 3.52. The van der Waals surface area contributed by atoms with Crippen molar-refractivity contribution in [2.24, 2.45) is 11.7 Å². The first kappa shape index (κ1) is 14.9. The summed E-state index contributed by atoms with van der Waals surface area (Å²) >= 11 is 0. The zero-order valence-electron chi connectivity index (χ0n) is 11.2. The fraction of sp³-hybridized carbons (Fsp3) is 0.615. The first-order valence-electron chi connectivity index (χ1n) is 6.16. The minimum Gasteiger partial charge on any atom is -0.378 e. The quantitative estimate of drug-likeness (QED) is 0.605. The number of carbonyl (C=O) groups excluding carboxylic acids is 1. The lowest BCUT2D eigenvalue weighted by Gasteiger charge is -2.31. The molecule has 1 aliphatic rings. The third-order valence-corrected chi connectivity index (χ3v) is 3.52. The molecule has 5 heteroatoms. The number of halogens is 1. The van der Waals surface area contributed by atoms with Crippen molar-refractivity contribution < 1.29 is 9.18 Å². The highest BCUT2D eigenvalue weighted by Gasteiger charge is 2.25. The molecule has 1 aliphatic heterocycles. The Balaban J connectivity index is 2.98. The molecule has 4 N–H and O–H groups in total. The van der Waals surface area contributed by atoms with E-state index < -0.39 is 6.67 Å². The van der Waals surface area contributed by atoms with E-state index in [0.29, 0.717) is 24.1 Å². The normalized spacial score (nSPS) is 20.8. The standard InChI is InChI=1S/C13H22FN3O/c1-8(9(2)15)13(16-3)11-4-10(5-14)12(7-18)17-6-11/h4,7-9,13,16-17H,5-6,15H2,1-3H3. The Morgan fingerprint density at radius 1 is 1.61 bits per heavy atom. The summed E-state index contributed by atoms with van der Waals surface area (Å²) in [4.78, 5) is 10.8. The number of nitrogens with two attached hydrogens (primary N) is 1. The van der Waals surface area contributed by atoms with E-state index in [0.717, 1.165) is 5.57 Å². The molecular weight excluding hydrogens is 233 g/mol. The molecule has 0 bridgehead atoms. The van der Waals surface area contributed by atoms with Gasteiger partial charge in [0.05, 0.1) is 5.70 Å². The summed E-state index contributed by atoms with van der Waals surface area (Å²) in [6.45, 7) is 3.91. The van der Waals surface area contributed by atoms with E-state index in [1.54, 1.807) is 6.08 Å².